The Labute approximate surface area is 91.5 Å². The third-order valence-corrected chi connectivity index (χ3v) is 3.08. The van der Waals surface area contributed by atoms with Crippen molar-refractivity contribution in [2.75, 3.05) is 6.54 Å². The minimum Gasteiger partial charge on any atom is -0.315 e. The molecule has 84 valence electrons. The molecule has 0 radical (unpaired) electrons. The van der Waals surface area contributed by atoms with Gasteiger partial charge in [0, 0.05) is 6.04 Å². The number of hydrogen-bond acceptors (Lipinski definition) is 1. The molecule has 2 atom stereocenters. The van der Waals surface area contributed by atoms with Gasteiger partial charge in [-0.1, -0.05) is 45.9 Å². The molecule has 0 fully saturated rings. The van der Waals surface area contributed by atoms with E-state index in [0.29, 0.717) is 6.04 Å². The van der Waals surface area contributed by atoms with E-state index < -0.39 is 0 Å². The van der Waals surface area contributed by atoms with E-state index in [1.54, 1.807) is 0 Å². The number of rotatable bonds is 9. The van der Waals surface area contributed by atoms with Crippen LogP contribution < -0.4 is 5.32 Å². The Bertz CT molecular complexity index is 117. The van der Waals surface area contributed by atoms with E-state index >= 15 is 0 Å². The van der Waals surface area contributed by atoms with E-state index in [4.69, 9.17) is 0 Å². The van der Waals surface area contributed by atoms with Gasteiger partial charge in [-0.25, -0.2) is 0 Å². The summed E-state index contributed by atoms with van der Waals surface area (Å²) in [5.41, 5.74) is 0. The first-order chi connectivity index (χ1) is 6.74. The predicted molar refractivity (Wildman–Crippen MR) is 68.7 cm³/mol. The van der Waals surface area contributed by atoms with Gasteiger partial charge < -0.3 is 5.32 Å². The van der Waals surface area contributed by atoms with Crippen LogP contribution in [0.1, 0.15) is 52.9 Å². The molecule has 0 aliphatic rings. The lowest BCUT2D eigenvalue weighted by molar-refractivity contribution is 0.428. The van der Waals surface area contributed by atoms with Crippen molar-refractivity contribution >= 4 is 7.85 Å². The molecule has 0 aromatic carbocycles. The summed E-state index contributed by atoms with van der Waals surface area (Å²) in [6.07, 6.45) is 8.30. The Kier molecular flexibility index (Phi) is 9.59. The highest BCUT2D eigenvalue weighted by atomic mass is 14.9. The van der Waals surface area contributed by atoms with Crippen LogP contribution in [0.3, 0.4) is 0 Å². The summed E-state index contributed by atoms with van der Waals surface area (Å²) in [5, 5.41) is 3.47. The molecule has 0 heterocycles. The zero-order valence-electron chi connectivity index (χ0n) is 10.6. The Balaban J connectivity index is 3.40. The van der Waals surface area contributed by atoms with Crippen LogP contribution >= 0.6 is 0 Å². The van der Waals surface area contributed by atoms with Gasteiger partial charge in [0.25, 0.3) is 0 Å². The summed E-state index contributed by atoms with van der Waals surface area (Å²) in [7, 11) is 2.33. The van der Waals surface area contributed by atoms with Crippen LogP contribution in [-0.4, -0.2) is 20.4 Å². The van der Waals surface area contributed by atoms with Crippen LogP contribution in [0.2, 0.25) is 6.32 Å². The Hall–Kier alpha value is 0.0249. The molecule has 2 unspecified atom stereocenters. The second-order valence-corrected chi connectivity index (χ2v) is 4.45. The molecule has 0 aliphatic carbocycles. The average molecular weight is 197 g/mol. The lowest BCUT2D eigenvalue weighted by Gasteiger charge is -2.16. The predicted octanol–water partition coefficient (Wildman–Crippen LogP) is 2.62. The van der Waals surface area contributed by atoms with Gasteiger partial charge in [0.15, 0.2) is 0 Å². The fraction of sp³-hybridized carbons (Fsp3) is 1.00. The summed E-state index contributed by atoms with van der Waals surface area (Å²) in [5.74, 6) is 0.980. The molecule has 0 aromatic heterocycles. The monoisotopic (exact) mass is 197 g/mol. The molecule has 2 heteroatoms. The zero-order chi connectivity index (χ0) is 10.8. The quantitative estimate of drug-likeness (QED) is 0.560. The minimum atomic E-state index is 0.708. The highest BCUT2D eigenvalue weighted by Gasteiger charge is 2.06. The molecule has 0 rings (SSSR count). The molecule has 0 amide bonds. The Morgan fingerprint density at radius 2 is 1.86 bits per heavy atom. The molecule has 0 saturated carbocycles. The molecule has 0 aromatic rings. The first-order valence-electron chi connectivity index (χ1n) is 6.47. The molecule has 0 spiro atoms. The highest BCUT2D eigenvalue weighted by Crippen LogP contribution is 2.18. The van der Waals surface area contributed by atoms with Crippen molar-refractivity contribution in [3.8, 4) is 0 Å². The topological polar surface area (TPSA) is 12.0 Å². The summed E-state index contributed by atoms with van der Waals surface area (Å²) < 4.78 is 0. The molecule has 0 aliphatic heterocycles. The van der Waals surface area contributed by atoms with Crippen molar-refractivity contribution in [1.29, 1.82) is 0 Å². The SMILES string of the molecule is BCC(CCC)CCCC(C)NCC. The van der Waals surface area contributed by atoms with E-state index in [-0.39, 0.29) is 0 Å². The van der Waals surface area contributed by atoms with E-state index in [1.807, 2.05) is 0 Å². The zero-order valence-corrected chi connectivity index (χ0v) is 10.6. The van der Waals surface area contributed by atoms with Gasteiger partial charge in [0.05, 0.1) is 0 Å². The van der Waals surface area contributed by atoms with Crippen molar-refractivity contribution in [3.05, 3.63) is 0 Å². The molecule has 0 bridgehead atoms. The summed E-state index contributed by atoms with van der Waals surface area (Å²) in [6.45, 7) is 7.88. The van der Waals surface area contributed by atoms with Crippen LogP contribution in [-0.2, 0) is 0 Å². The smallest absolute Gasteiger partial charge is 0.101 e. The van der Waals surface area contributed by atoms with Gasteiger partial charge in [-0.2, -0.15) is 0 Å². The molecular weight excluding hydrogens is 169 g/mol. The molecule has 1 nitrogen and oxygen atoms in total. The molecule has 1 N–H and O–H groups in total. The summed E-state index contributed by atoms with van der Waals surface area (Å²) >= 11 is 0. The summed E-state index contributed by atoms with van der Waals surface area (Å²) in [4.78, 5) is 0. The highest BCUT2D eigenvalue weighted by molar-refractivity contribution is 6.08. The average Bonchev–Trinajstić information content (AvgIpc) is 2.17. The Morgan fingerprint density at radius 1 is 1.14 bits per heavy atom. The van der Waals surface area contributed by atoms with Gasteiger partial charge in [-0.05, 0) is 25.8 Å². The van der Waals surface area contributed by atoms with Gasteiger partial charge >= 0.3 is 0 Å². The Morgan fingerprint density at radius 3 is 2.36 bits per heavy atom. The number of nitrogens with one attached hydrogen (secondary N) is 1. The molecular formula is C12H28BN. The van der Waals surface area contributed by atoms with Gasteiger partial charge in [0.2, 0.25) is 0 Å². The van der Waals surface area contributed by atoms with Crippen molar-refractivity contribution in [1.82, 2.24) is 5.32 Å². The van der Waals surface area contributed by atoms with Crippen molar-refractivity contribution < 1.29 is 0 Å². The van der Waals surface area contributed by atoms with Crippen LogP contribution in [0.4, 0.5) is 0 Å². The second-order valence-electron chi connectivity index (χ2n) is 4.45. The maximum atomic E-state index is 3.47. The van der Waals surface area contributed by atoms with E-state index in [0.717, 1.165) is 12.5 Å². The van der Waals surface area contributed by atoms with Crippen LogP contribution in [0, 0.1) is 5.92 Å². The second kappa shape index (κ2) is 9.58. The first-order valence-corrected chi connectivity index (χ1v) is 6.47. The standard InChI is InChI=1S/C12H28BN/c1-4-7-12(10-13)9-6-8-11(3)14-5-2/h11-12,14H,4-10,13H2,1-3H3. The van der Waals surface area contributed by atoms with E-state index in [1.165, 1.54) is 38.4 Å². The summed E-state index contributed by atoms with van der Waals surface area (Å²) in [6, 6.07) is 0.708. The molecule has 0 saturated heterocycles. The van der Waals surface area contributed by atoms with Crippen LogP contribution in [0.25, 0.3) is 0 Å². The largest absolute Gasteiger partial charge is 0.315 e. The van der Waals surface area contributed by atoms with Crippen molar-refractivity contribution in [3.63, 3.8) is 0 Å². The lowest BCUT2D eigenvalue weighted by atomic mass is 9.84. The number of hydrogen-bond donors (Lipinski definition) is 1. The normalized spacial score (nSPS) is 15.4. The maximum absolute atomic E-state index is 3.47. The molecule has 14 heavy (non-hydrogen) atoms. The van der Waals surface area contributed by atoms with E-state index in [9.17, 15) is 0 Å². The van der Waals surface area contributed by atoms with Crippen LogP contribution in [0.15, 0.2) is 0 Å². The maximum Gasteiger partial charge on any atom is 0.101 e. The van der Waals surface area contributed by atoms with Gasteiger partial charge in [-0.15, -0.1) is 0 Å². The van der Waals surface area contributed by atoms with Crippen molar-refractivity contribution in [2.45, 2.75) is 65.2 Å². The fourth-order valence-electron chi connectivity index (χ4n) is 2.12. The van der Waals surface area contributed by atoms with Gasteiger partial charge in [0.1, 0.15) is 7.85 Å². The first kappa shape index (κ1) is 14.0. The van der Waals surface area contributed by atoms with Crippen molar-refractivity contribution in [2.24, 2.45) is 5.92 Å². The third kappa shape index (κ3) is 7.43. The minimum absolute atomic E-state index is 0.708. The van der Waals surface area contributed by atoms with Crippen LogP contribution in [0.5, 0.6) is 0 Å². The fourth-order valence-corrected chi connectivity index (χ4v) is 2.12. The third-order valence-electron chi connectivity index (χ3n) is 3.08. The van der Waals surface area contributed by atoms with E-state index in [2.05, 4.69) is 33.9 Å². The lowest BCUT2D eigenvalue weighted by Crippen LogP contribution is -2.25. The van der Waals surface area contributed by atoms with Gasteiger partial charge in [-0.3, -0.25) is 0 Å².